The van der Waals surface area contributed by atoms with Crippen molar-refractivity contribution in [3.8, 4) is 0 Å². The van der Waals surface area contributed by atoms with Gasteiger partial charge in [0.2, 0.25) is 0 Å². The Morgan fingerprint density at radius 3 is 2.35 bits per heavy atom. The van der Waals surface area contributed by atoms with Crippen molar-refractivity contribution in [2.45, 2.75) is 36.8 Å². The van der Waals surface area contributed by atoms with E-state index in [-0.39, 0.29) is 0 Å². The molecule has 2 aliphatic carbocycles. The van der Waals surface area contributed by atoms with E-state index in [9.17, 15) is 0 Å². The highest BCUT2D eigenvalue weighted by molar-refractivity contribution is 5.51. The monoisotopic (exact) mass is 264 g/mol. The molecule has 2 aromatic carbocycles. The van der Waals surface area contributed by atoms with Gasteiger partial charge in [0.15, 0.2) is 0 Å². The standard InChI is InChI=1S/C18H20N2/c19-17-10-15(17)13-7-4-8-14(9-13)20-18-11-16(18)12-5-2-1-3-6-12/h1-9,15-18,20H,10-11,19H2/t15-,16+,17+,18-/m0/s1. The Hall–Kier alpha value is -1.80. The maximum Gasteiger partial charge on any atom is 0.0345 e. The van der Waals surface area contributed by atoms with Crippen molar-refractivity contribution in [1.82, 2.24) is 0 Å². The zero-order valence-corrected chi connectivity index (χ0v) is 11.5. The fourth-order valence-electron chi connectivity index (χ4n) is 3.09. The summed E-state index contributed by atoms with van der Waals surface area (Å²) in [6.07, 6.45) is 2.37. The SMILES string of the molecule is N[C@@H]1C[C@H]1c1cccc(N[C@H]2C[C@@H]2c2ccccc2)c1. The molecule has 2 heteroatoms. The Morgan fingerprint density at radius 1 is 0.850 bits per heavy atom. The van der Waals surface area contributed by atoms with Gasteiger partial charge in [-0.25, -0.2) is 0 Å². The zero-order valence-electron chi connectivity index (χ0n) is 11.5. The van der Waals surface area contributed by atoms with Crippen LogP contribution >= 0.6 is 0 Å². The second-order valence-electron chi connectivity index (χ2n) is 6.14. The fraction of sp³-hybridized carbons (Fsp3) is 0.333. The van der Waals surface area contributed by atoms with E-state index in [1.54, 1.807) is 0 Å². The molecule has 0 heterocycles. The summed E-state index contributed by atoms with van der Waals surface area (Å²) in [6, 6.07) is 20.5. The largest absolute Gasteiger partial charge is 0.382 e. The summed E-state index contributed by atoms with van der Waals surface area (Å²) in [6.45, 7) is 0. The lowest BCUT2D eigenvalue weighted by Gasteiger charge is -2.08. The first-order chi connectivity index (χ1) is 9.81. The number of anilines is 1. The van der Waals surface area contributed by atoms with E-state index < -0.39 is 0 Å². The predicted octanol–water partition coefficient (Wildman–Crippen LogP) is 3.47. The van der Waals surface area contributed by atoms with Crippen molar-refractivity contribution < 1.29 is 0 Å². The number of benzene rings is 2. The molecular formula is C18H20N2. The van der Waals surface area contributed by atoms with Crippen LogP contribution < -0.4 is 11.1 Å². The van der Waals surface area contributed by atoms with E-state index in [0.29, 0.717) is 23.9 Å². The highest BCUT2D eigenvalue weighted by Gasteiger charge is 2.38. The van der Waals surface area contributed by atoms with Gasteiger partial charge in [-0.05, 0) is 36.1 Å². The van der Waals surface area contributed by atoms with Crippen LogP contribution in [0.2, 0.25) is 0 Å². The molecule has 0 aromatic heterocycles. The molecule has 2 fully saturated rings. The first kappa shape index (κ1) is 12.0. The Balaban J connectivity index is 1.43. The predicted molar refractivity (Wildman–Crippen MR) is 83.0 cm³/mol. The highest BCUT2D eigenvalue weighted by atomic mass is 15.0. The van der Waals surface area contributed by atoms with Crippen molar-refractivity contribution in [2.24, 2.45) is 5.73 Å². The average molecular weight is 264 g/mol. The van der Waals surface area contributed by atoms with Gasteiger partial charge in [0.1, 0.15) is 0 Å². The Bertz CT molecular complexity index is 608. The molecule has 20 heavy (non-hydrogen) atoms. The van der Waals surface area contributed by atoms with Gasteiger partial charge in [-0.1, -0.05) is 42.5 Å². The molecule has 0 aliphatic heterocycles. The summed E-state index contributed by atoms with van der Waals surface area (Å²) in [4.78, 5) is 0. The Morgan fingerprint density at radius 2 is 1.60 bits per heavy atom. The van der Waals surface area contributed by atoms with E-state index in [2.05, 4.69) is 59.9 Å². The molecule has 4 rings (SSSR count). The van der Waals surface area contributed by atoms with Crippen LogP contribution in [0.4, 0.5) is 5.69 Å². The van der Waals surface area contributed by atoms with Gasteiger partial charge in [-0.15, -0.1) is 0 Å². The Kier molecular flexibility index (Phi) is 2.78. The van der Waals surface area contributed by atoms with E-state index in [1.807, 2.05) is 0 Å². The summed E-state index contributed by atoms with van der Waals surface area (Å²) < 4.78 is 0. The average Bonchev–Trinajstić information content (AvgIpc) is 3.38. The first-order valence-electron chi connectivity index (χ1n) is 7.48. The number of hydrogen-bond acceptors (Lipinski definition) is 2. The van der Waals surface area contributed by atoms with Crippen LogP contribution in [-0.4, -0.2) is 12.1 Å². The topological polar surface area (TPSA) is 38.0 Å². The lowest BCUT2D eigenvalue weighted by atomic mass is 10.1. The van der Waals surface area contributed by atoms with Crippen LogP contribution in [0, 0.1) is 0 Å². The molecule has 0 amide bonds. The molecule has 0 unspecified atom stereocenters. The summed E-state index contributed by atoms with van der Waals surface area (Å²) in [7, 11) is 0. The summed E-state index contributed by atoms with van der Waals surface area (Å²) in [5.74, 6) is 1.25. The minimum absolute atomic E-state index is 0.378. The summed E-state index contributed by atoms with van der Waals surface area (Å²) in [5, 5.41) is 3.66. The van der Waals surface area contributed by atoms with Crippen LogP contribution in [-0.2, 0) is 0 Å². The van der Waals surface area contributed by atoms with Gasteiger partial charge in [0.25, 0.3) is 0 Å². The van der Waals surface area contributed by atoms with E-state index >= 15 is 0 Å². The normalized spacial score (nSPS) is 30.9. The highest BCUT2D eigenvalue weighted by Crippen LogP contribution is 2.44. The molecule has 0 bridgehead atoms. The van der Waals surface area contributed by atoms with Crippen molar-refractivity contribution in [3.63, 3.8) is 0 Å². The second kappa shape index (κ2) is 4.64. The third-order valence-corrected chi connectivity index (χ3v) is 4.52. The van der Waals surface area contributed by atoms with Gasteiger partial charge >= 0.3 is 0 Å². The number of nitrogens with two attached hydrogens (primary N) is 1. The third kappa shape index (κ3) is 2.32. The lowest BCUT2D eigenvalue weighted by molar-refractivity contribution is 0.988. The van der Waals surface area contributed by atoms with Crippen molar-refractivity contribution >= 4 is 5.69 Å². The molecule has 4 atom stereocenters. The molecule has 3 N–H and O–H groups in total. The number of rotatable bonds is 4. The van der Waals surface area contributed by atoms with Gasteiger partial charge in [0, 0.05) is 29.6 Å². The van der Waals surface area contributed by atoms with Crippen LogP contribution in [0.1, 0.15) is 35.8 Å². The van der Waals surface area contributed by atoms with E-state index in [1.165, 1.54) is 23.2 Å². The van der Waals surface area contributed by atoms with Crippen molar-refractivity contribution in [1.29, 1.82) is 0 Å². The van der Waals surface area contributed by atoms with Gasteiger partial charge in [-0.3, -0.25) is 0 Å². The molecule has 2 nitrogen and oxygen atoms in total. The van der Waals surface area contributed by atoms with Crippen LogP contribution in [0.5, 0.6) is 0 Å². The maximum atomic E-state index is 5.94. The maximum absolute atomic E-state index is 5.94. The zero-order chi connectivity index (χ0) is 13.5. The smallest absolute Gasteiger partial charge is 0.0345 e. The third-order valence-electron chi connectivity index (χ3n) is 4.52. The minimum Gasteiger partial charge on any atom is -0.382 e. The molecule has 102 valence electrons. The summed E-state index contributed by atoms with van der Waals surface area (Å²) in [5.41, 5.74) is 10.0. The van der Waals surface area contributed by atoms with Gasteiger partial charge in [0.05, 0.1) is 0 Å². The minimum atomic E-state index is 0.378. The van der Waals surface area contributed by atoms with E-state index in [0.717, 1.165) is 6.42 Å². The molecule has 2 saturated carbocycles. The van der Waals surface area contributed by atoms with Crippen molar-refractivity contribution in [3.05, 3.63) is 65.7 Å². The number of hydrogen-bond donors (Lipinski definition) is 2. The lowest BCUT2D eigenvalue weighted by Crippen LogP contribution is -2.05. The van der Waals surface area contributed by atoms with Crippen LogP contribution in [0.15, 0.2) is 54.6 Å². The molecular weight excluding hydrogens is 244 g/mol. The molecule has 0 spiro atoms. The van der Waals surface area contributed by atoms with Crippen LogP contribution in [0.25, 0.3) is 0 Å². The van der Waals surface area contributed by atoms with E-state index in [4.69, 9.17) is 5.73 Å². The molecule has 0 radical (unpaired) electrons. The number of nitrogens with one attached hydrogen (secondary N) is 1. The molecule has 0 saturated heterocycles. The second-order valence-corrected chi connectivity index (χ2v) is 6.14. The fourth-order valence-corrected chi connectivity index (χ4v) is 3.09. The van der Waals surface area contributed by atoms with Crippen molar-refractivity contribution in [2.75, 3.05) is 5.32 Å². The summed E-state index contributed by atoms with van der Waals surface area (Å²) >= 11 is 0. The molecule has 2 aromatic rings. The molecule has 2 aliphatic rings. The van der Waals surface area contributed by atoms with Gasteiger partial charge in [-0.2, -0.15) is 0 Å². The first-order valence-corrected chi connectivity index (χ1v) is 7.48. The quantitative estimate of drug-likeness (QED) is 0.887. The Labute approximate surface area is 120 Å². The van der Waals surface area contributed by atoms with Crippen LogP contribution in [0.3, 0.4) is 0 Å². The van der Waals surface area contributed by atoms with Gasteiger partial charge < -0.3 is 11.1 Å².